The van der Waals surface area contributed by atoms with Crippen LogP contribution in [0.3, 0.4) is 0 Å². The van der Waals surface area contributed by atoms with Crippen molar-refractivity contribution in [3.8, 4) is 11.5 Å². The highest BCUT2D eigenvalue weighted by Crippen LogP contribution is 2.29. The van der Waals surface area contributed by atoms with Crippen LogP contribution in [0.1, 0.15) is 5.56 Å². The van der Waals surface area contributed by atoms with Crippen molar-refractivity contribution >= 4 is 45.6 Å². The second kappa shape index (κ2) is 11.2. The van der Waals surface area contributed by atoms with E-state index in [4.69, 9.17) is 9.47 Å². The topological polar surface area (TPSA) is 92.3 Å². The number of hydrogen-bond acceptors (Lipinski definition) is 5. The molecule has 0 aromatic heterocycles. The van der Waals surface area contributed by atoms with Crippen LogP contribution in [0.25, 0.3) is 0 Å². The number of benzene rings is 2. The van der Waals surface area contributed by atoms with E-state index in [0.717, 1.165) is 11.3 Å². The van der Waals surface area contributed by atoms with E-state index in [1.54, 1.807) is 51.6 Å². The number of nitrogens with one attached hydrogen (secondary N) is 2. The number of rotatable bonds is 7. The monoisotopic (exact) mass is 534 g/mol. The van der Waals surface area contributed by atoms with E-state index in [1.165, 1.54) is 18.4 Å². The van der Waals surface area contributed by atoms with Gasteiger partial charge in [-0.1, -0.05) is 12.1 Å². The van der Waals surface area contributed by atoms with Gasteiger partial charge in [-0.15, -0.1) is 24.0 Å². The molecule has 0 radical (unpaired) electrons. The van der Waals surface area contributed by atoms with E-state index in [1.807, 2.05) is 12.1 Å². The fraction of sp³-hybridized carbons (Fsp3) is 0.316. The summed E-state index contributed by atoms with van der Waals surface area (Å²) in [6, 6.07) is 12.2. The van der Waals surface area contributed by atoms with Gasteiger partial charge in [-0.3, -0.25) is 4.99 Å². The van der Waals surface area contributed by atoms with Gasteiger partial charge in [0.25, 0.3) is 0 Å². The Morgan fingerprint density at radius 2 is 1.66 bits per heavy atom. The first-order chi connectivity index (χ1) is 13.3. The van der Waals surface area contributed by atoms with E-state index in [-0.39, 0.29) is 28.9 Å². The van der Waals surface area contributed by atoms with Crippen LogP contribution in [0, 0.1) is 0 Å². The molecule has 0 aliphatic rings. The molecule has 10 heteroatoms. The lowest BCUT2D eigenvalue weighted by molar-refractivity contribution is 0.355. The molecule has 2 aromatic rings. The first-order valence-electron chi connectivity index (χ1n) is 8.53. The highest BCUT2D eigenvalue weighted by molar-refractivity contribution is 14.0. The maximum atomic E-state index is 12.1. The predicted octanol–water partition coefficient (Wildman–Crippen LogP) is 2.76. The molecule has 0 saturated heterocycles. The first-order valence-corrected chi connectivity index (χ1v) is 9.97. The number of ether oxygens (including phenoxy) is 2. The molecule has 0 bridgehead atoms. The van der Waals surface area contributed by atoms with Crippen LogP contribution in [0.5, 0.6) is 11.5 Å². The van der Waals surface area contributed by atoms with Crippen LogP contribution in [-0.2, 0) is 16.6 Å². The lowest BCUT2D eigenvalue weighted by Crippen LogP contribution is -2.30. The van der Waals surface area contributed by atoms with E-state index >= 15 is 0 Å². The van der Waals surface area contributed by atoms with E-state index in [2.05, 4.69) is 15.6 Å². The average molecular weight is 534 g/mol. The summed E-state index contributed by atoms with van der Waals surface area (Å²) in [7, 11) is 4.42. The lowest BCUT2D eigenvalue weighted by atomic mass is 10.2. The molecule has 0 saturated carbocycles. The summed E-state index contributed by atoms with van der Waals surface area (Å²) >= 11 is 0. The van der Waals surface area contributed by atoms with Gasteiger partial charge >= 0.3 is 0 Å². The second-order valence-corrected chi connectivity index (χ2v) is 8.20. The minimum absolute atomic E-state index is 0. The van der Waals surface area contributed by atoms with Gasteiger partial charge in [0.05, 0.1) is 19.1 Å². The van der Waals surface area contributed by atoms with Crippen molar-refractivity contribution < 1.29 is 17.9 Å². The number of nitrogens with zero attached hydrogens (tertiary/aromatic N) is 2. The van der Waals surface area contributed by atoms with Crippen molar-refractivity contribution in [3.63, 3.8) is 0 Å². The molecule has 0 heterocycles. The minimum atomic E-state index is -3.43. The summed E-state index contributed by atoms with van der Waals surface area (Å²) in [5.41, 5.74) is 1.71. The number of aliphatic imine (C=N–C) groups is 1. The van der Waals surface area contributed by atoms with E-state index < -0.39 is 10.0 Å². The predicted molar refractivity (Wildman–Crippen MR) is 126 cm³/mol. The molecule has 0 unspecified atom stereocenters. The Balaban J connectivity index is 0.00000420. The average Bonchev–Trinajstić information content (AvgIpc) is 2.71. The number of methoxy groups -OCH3 is 2. The molecule has 0 spiro atoms. The largest absolute Gasteiger partial charge is 0.493 e. The Kier molecular flexibility index (Phi) is 9.66. The fourth-order valence-electron chi connectivity index (χ4n) is 2.41. The smallest absolute Gasteiger partial charge is 0.242 e. The Bertz CT molecular complexity index is 932. The zero-order valence-corrected chi connectivity index (χ0v) is 20.2. The molecular formula is C19H27IN4O4S. The van der Waals surface area contributed by atoms with Crippen LogP contribution >= 0.6 is 24.0 Å². The van der Waals surface area contributed by atoms with E-state index in [0.29, 0.717) is 24.0 Å². The molecule has 0 amide bonds. The van der Waals surface area contributed by atoms with Crippen LogP contribution in [0.2, 0.25) is 0 Å². The Labute approximate surface area is 189 Å². The summed E-state index contributed by atoms with van der Waals surface area (Å²) in [5.74, 6) is 1.82. The zero-order chi connectivity index (χ0) is 20.7. The van der Waals surface area contributed by atoms with Crippen molar-refractivity contribution in [1.82, 2.24) is 9.62 Å². The molecule has 2 N–H and O–H groups in total. The fourth-order valence-corrected chi connectivity index (χ4v) is 3.31. The molecule has 2 rings (SSSR count). The molecular weight excluding hydrogens is 507 g/mol. The summed E-state index contributed by atoms with van der Waals surface area (Å²) in [6.45, 7) is 0.481. The molecule has 8 nitrogen and oxygen atoms in total. The van der Waals surface area contributed by atoms with Crippen molar-refractivity contribution in [2.75, 3.05) is 40.7 Å². The number of anilines is 1. The minimum Gasteiger partial charge on any atom is -0.493 e. The zero-order valence-electron chi connectivity index (χ0n) is 17.1. The van der Waals surface area contributed by atoms with Crippen molar-refractivity contribution in [2.45, 2.75) is 11.4 Å². The summed E-state index contributed by atoms with van der Waals surface area (Å²) in [4.78, 5) is 4.45. The quantitative estimate of drug-likeness (QED) is 0.323. The Morgan fingerprint density at radius 3 is 2.17 bits per heavy atom. The normalized spacial score (nSPS) is 11.6. The highest BCUT2D eigenvalue weighted by Gasteiger charge is 2.16. The SMILES string of the molecule is CN=C(NCc1ccc(S(=O)(=O)N(C)C)cc1)Nc1ccc(OC)c(OC)c1.I. The third-order valence-corrected chi connectivity index (χ3v) is 5.86. The molecule has 0 atom stereocenters. The maximum absolute atomic E-state index is 12.1. The number of sulfonamides is 1. The number of guanidine groups is 1. The highest BCUT2D eigenvalue weighted by atomic mass is 127. The molecule has 0 aliphatic heterocycles. The number of halogens is 1. The molecule has 29 heavy (non-hydrogen) atoms. The first kappa shape index (κ1) is 25.0. The Morgan fingerprint density at radius 1 is 1.03 bits per heavy atom. The van der Waals surface area contributed by atoms with Crippen molar-refractivity contribution in [3.05, 3.63) is 48.0 Å². The summed E-state index contributed by atoms with van der Waals surface area (Å²) in [6.07, 6.45) is 0. The van der Waals surface area contributed by atoms with Crippen LogP contribution in [0.15, 0.2) is 52.4 Å². The molecule has 0 fully saturated rings. The van der Waals surface area contributed by atoms with Gasteiger partial charge in [0.15, 0.2) is 17.5 Å². The van der Waals surface area contributed by atoms with Crippen LogP contribution < -0.4 is 20.1 Å². The van der Waals surface area contributed by atoms with Crippen LogP contribution in [0.4, 0.5) is 5.69 Å². The van der Waals surface area contributed by atoms with Gasteiger partial charge in [-0.2, -0.15) is 0 Å². The van der Waals surface area contributed by atoms with Gasteiger partial charge in [0, 0.05) is 39.4 Å². The van der Waals surface area contributed by atoms with Crippen LogP contribution in [-0.4, -0.2) is 54.0 Å². The summed E-state index contributed by atoms with van der Waals surface area (Å²) in [5, 5.41) is 6.36. The Hall–Kier alpha value is -2.05. The van der Waals surface area contributed by atoms with Gasteiger partial charge in [0.2, 0.25) is 10.0 Å². The maximum Gasteiger partial charge on any atom is 0.242 e. The molecule has 2 aromatic carbocycles. The second-order valence-electron chi connectivity index (χ2n) is 6.05. The van der Waals surface area contributed by atoms with E-state index in [9.17, 15) is 8.42 Å². The van der Waals surface area contributed by atoms with Gasteiger partial charge in [0.1, 0.15) is 0 Å². The molecule has 160 valence electrons. The summed E-state index contributed by atoms with van der Waals surface area (Å²) < 4.78 is 36.0. The standard InChI is InChI=1S/C19H26N4O4S.HI/c1-20-19(22-15-8-11-17(26-4)18(12-15)27-5)21-13-14-6-9-16(10-7-14)28(24,25)23(2)3;/h6-12H,13H2,1-5H3,(H2,20,21,22);1H. The van der Waals surface area contributed by atoms with Crippen molar-refractivity contribution in [2.24, 2.45) is 4.99 Å². The number of hydrogen-bond donors (Lipinski definition) is 2. The third kappa shape index (κ3) is 6.47. The lowest BCUT2D eigenvalue weighted by Gasteiger charge is -2.15. The molecule has 0 aliphatic carbocycles. The van der Waals surface area contributed by atoms with Gasteiger partial charge in [-0.25, -0.2) is 12.7 Å². The van der Waals surface area contributed by atoms with Gasteiger partial charge < -0.3 is 20.1 Å². The van der Waals surface area contributed by atoms with Crippen molar-refractivity contribution in [1.29, 1.82) is 0 Å². The third-order valence-electron chi connectivity index (χ3n) is 4.03. The van der Waals surface area contributed by atoms with Gasteiger partial charge in [-0.05, 0) is 29.8 Å².